The van der Waals surface area contributed by atoms with E-state index in [1.54, 1.807) is 18.2 Å². The summed E-state index contributed by atoms with van der Waals surface area (Å²) in [5, 5.41) is 13.7. The summed E-state index contributed by atoms with van der Waals surface area (Å²) in [5.41, 5.74) is 1.53. The Morgan fingerprint density at radius 3 is 2.74 bits per heavy atom. The Bertz CT molecular complexity index is 537. The molecule has 1 rings (SSSR count). The number of rotatable bonds is 4. The first-order valence-electron chi connectivity index (χ1n) is 5.44. The Hall–Kier alpha value is -2.00. The Labute approximate surface area is 119 Å². The van der Waals surface area contributed by atoms with E-state index in [0.717, 1.165) is 10.0 Å². The van der Waals surface area contributed by atoms with Crippen LogP contribution in [0.2, 0.25) is 0 Å². The maximum Gasteiger partial charge on any atom is 0.327 e. The molecule has 0 aromatic heterocycles. The fourth-order valence-electron chi connectivity index (χ4n) is 1.37. The number of amides is 2. The average Bonchev–Trinajstić information content (AvgIpc) is 2.33. The van der Waals surface area contributed by atoms with Crippen molar-refractivity contribution in [3.63, 3.8) is 0 Å². The van der Waals surface area contributed by atoms with Crippen LogP contribution in [0.25, 0.3) is 0 Å². The number of aliphatic carboxylic acids is 1. The molecular weight excluding hydrogens is 312 g/mol. The third-order valence-corrected chi connectivity index (χ3v) is 3.23. The predicted octanol–water partition coefficient (Wildman–Crippen LogP) is 2.36. The van der Waals surface area contributed by atoms with Gasteiger partial charge in [-0.1, -0.05) is 15.9 Å². The Balaban J connectivity index is 2.66. The van der Waals surface area contributed by atoms with Crippen LogP contribution < -0.4 is 10.6 Å². The van der Waals surface area contributed by atoms with Crippen molar-refractivity contribution >= 4 is 33.6 Å². The molecule has 0 spiro atoms. The van der Waals surface area contributed by atoms with E-state index in [1.807, 2.05) is 6.92 Å². The molecule has 0 fully saturated rings. The average molecular weight is 325 g/mol. The van der Waals surface area contributed by atoms with Crippen LogP contribution in [0.3, 0.4) is 0 Å². The molecule has 5 nitrogen and oxygen atoms in total. The second-order valence-electron chi connectivity index (χ2n) is 3.86. The highest BCUT2D eigenvalue weighted by atomic mass is 79.9. The first kappa shape index (κ1) is 15.1. The molecule has 0 bridgehead atoms. The summed E-state index contributed by atoms with van der Waals surface area (Å²) in [6.07, 6.45) is 4.97. The van der Waals surface area contributed by atoms with Crippen LogP contribution in [0.1, 0.15) is 12.0 Å². The van der Waals surface area contributed by atoms with Crippen LogP contribution in [0.4, 0.5) is 10.5 Å². The standard InChI is InChI=1S/C13H13BrN2O3/c1-3-4-11(12(17)18)16-13(19)15-9-5-6-10(14)8(2)7-9/h1,5-7,11H,4H2,2H3,(H,17,18)(H2,15,16,19). The van der Waals surface area contributed by atoms with Crippen molar-refractivity contribution in [2.24, 2.45) is 0 Å². The van der Waals surface area contributed by atoms with Crippen molar-refractivity contribution in [2.45, 2.75) is 19.4 Å². The normalized spacial score (nSPS) is 11.2. The van der Waals surface area contributed by atoms with Gasteiger partial charge in [-0.2, -0.15) is 0 Å². The van der Waals surface area contributed by atoms with Crippen molar-refractivity contribution in [2.75, 3.05) is 5.32 Å². The minimum absolute atomic E-state index is 0.0673. The van der Waals surface area contributed by atoms with Gasteiger partial charge in [0.1, 0.15) is 6.04 Å². The van der Waals surface area contributed by atoms with Gasteiger partial charge in [0.2, 0.25) is 0 Å². The number of aryl methyl sites for hydroxylation is 1. The van der Waals surface area contributed by atoms with E-state index in [4.69, 9.17) is 11.5 Å². The number of nitrogens with one attached hydrogen (secondary N) is 2. The molecule has 1 aromatic rings. The molecule has 2 amide bonds. The van der Waals surface area contributed by atoms with Gasteiger partial charge in [-0.15, -0.1) is 12.3 Å². The van der Waals surface area contributed by atoms with Crippen molar-refractivity contribution in [1.82, 2.24) is 5.32 Å². The van der Waals surface area contributed by atoms with Crippen molar-refractivity contribution in [1.29, 1.82) is 0 Å². The molecule has 0 heterocycles. The van der Waals surface area contributed by atoms with E-state index in [0.29, 0.717) is 5.69 Å². The summed E-state index contributed by atoms with van der Waals surface area (Å²) in [7, 11) is 0. The van der Waals surface area contributed by atoms with Crippen LogP contribution in [0.15, 0.2) is 22.7 Å². The summed E-state index contributed by atoms with van der Waals surface area (Å²) in [5.74, 6) is 1.04. The number of hydrogen-bond donors (Lipinski definition) is 3. The summed E-state index contributed by atoms with van der Waals surface area (Å²) >= 11 is 3.35. The van der Waals surface area contributed by atoms with Gasteiger partial charge in [0.05, 0.1) is 0 Å². The molecule has 0 radical (unpaired) electrons. The number of halogens is 1. The maximum absolute atomic E-state index is 11.6. The zero-order chi connectivity index (χ0) is 14.4. The Kier molecular flexibility index (Phi) is 5.39. The molecule has 19 heavy (non-hydrogen) atoms. The van der Waals surface area contributed by atoms with Gasteiger partial charge < -0.3 is 15.7 Å². The first-order valence-corrected chi connectivity index (χ1v) is 6.23. The maximum atomic E-state index is 11.6. The van der Waals surface area contributed by atoms with Gasteiger partial charge in [-0.05, 0) is 30.7 Å². The highest BCUT2D eigenvalue weighted by molar-refractivity contribution is 9.10. The molecule has 0 saturated carbocycles. The highest BCUT2D eigenvalue weighted by Gasteiger charge is 2.18. The van der Waals surface area contributed by atoms with Crippen LogP contribution in [-0.2, 0) is 4.79 Å². The molecule has 0 saturated heterocycles. The lowest BCUT2D eigenvalue weighted by Crippen LogP contribution is -2.42. The van der Waals surface area contributed by atoms with Crippen molar-refractivity contribution in [3.8, 4) is 12.3 Å². The molecule has 100 valence electrons. The van der Waals surface area contributed by atoms with Crippen LogP contribution in [-0.4, -0.2) is 23.1 Å². The lowest BCUT2D eigenvalue weighted by Gasteiger charge is -2.13. The number of terminal acetylenes is 1. The lowest BCUT2D eigenvalue weighted by atomic mass is 10.2. The number of urea groups is 1. The van der Waals surface area contributed by atoms with Gasteiger partial charge in [0.25, 0.3) is 0 Å². The number of carbonyl (C=O) groups excluding carboxylic acids is 1. The molecule has 0 aliphatic rings. The van der Waals surface area contributed by atoms with Gasteiger partial charge in [0, 0.05) is 16.6 Å². The van der Waals surface area contributed by atoms with Gasteiger partial charge in [-0.25, -0.2) is 9.59 Å². The monoisotopic (exact) mass is 324 g/mol. The molecule has 1 unspecified atom stereocenters. The second kappa shape index (κ2) is 6.81. The van der Waals surface area contributed by atoms with E-state index in [9.17, 15) is 9.59 Å². The SMILES string of the molecule is C#CCC(NC(=O)Nc1ccc(Br)c(C)c1)C(=O)O. The Morgan fingerprint density at radius 1 is 1.53 bits per heavy atom. The number of hydrogen-bond acceptors (Lipinski definition) is 2. The minimum atomic E-state index is -1.17. The zero-order valence-electron chi connectivity index (χ0n) is 10.2. The van der Waals surface area contributed by atoms with Gasteiger partial charge in [0.15, 0.2) is 0 Å². The Morgan fingerprint density at radius 2 is 2.21 bits per heavy atom. The summed E-state index contributed by atoms with van der Waals surface area (Å²) < 4.78 is 0.925. The molecular formula is C13H13BrN2O3. The van der Waals surface area contributed by atoms with Crippen LogP contribution in [0, 0.1) is 19.3 Å². The fraction of sp³-hybridized carbons (Fsp3) is 0.231. The molecule has 1 atom stereocenters. The third kappa shape index (κ3) is 4.64. The zero-order valence-corrected chi connectivity index (χ0v) is 11.8. The minimum Gasteiger partial charge on any atom is -0.480 e. The number of carboxylic acids is 1. The summed E-state index contributed by atoms with van der Waals surface area (Å²) in [6, 6.07) is 3.56. The van der Waals surface area contributed by atoms with Crippen LogP contribution >= 0.6 is 15.9 Å². The molecule has 0 aliphatic heterocycles. The lowest BCUT2D eigenvalue weighted by molar-refractivity contribution is -0.139. The van der Waals surface area contributed by atoms with E-state index in [2.05, 4.69) is 32.5 Å². The first-order chi connectivity index (χ1) is 8.93. The highest BCUT2D eigenvalue weighted by Crippen LogP contribution is 2.19. The van der Waals surface area contributed by atoms with Crippen LogP contribution in [0.5, 0.6) is 0 Å². The largest absolute Gasteiger partial charge is 0.480 e. The molecule has 3 N–H and O–H groups in total. The van der Waals surface area contributed by atoms with E-state index in [1.165, 1.54) is 0 Å². The quantitative estimate of drug-likeness (QED) is 0.744. The summed E-state index contributed by atoms with van der Waals surface area (Å²) in [6.45, 7) is 1.88. The van der Waals surface area contributed by atoms with E-state index >= 15 is 0 Å². The van der Waals surface area contributed by atoms with Crippen molar-refractivity contribution in [3.05, 3.63) is 28.2 Å². The fourth-order valence-corrected chi connectivity index (χ4v) is 1.61. The number of benzene rings is 1. The van der Waals surface area contributed by atoms with Crippen molar-refractivity contribution < 1.29 is 14.7 Å². The second-order valence-corrected chi connectivity index (χ2v) is 4.72. The summed E-state index contributed by atoms with van der Waals surface area (Å²) in [4.78, 5) is 22.5. The topological polar surface area (TPSA) is 78.4 Å². The van der Waals surface area contributed by atoms with Gasteiger partial charge in [-0.3, -0.25) is 0 Å². The molecule has 1 aromatic carbocycles. The number of carbonyl (C=O) groups is 2. The third-order valence-electron chi connectivity index (χ3n) is 2.34. The van der Waals surface area contributed by atoms with E-state index < -0.39 is 18.0 Å². The number of carboxylic acid groups (broad SMARTS) is 1. The predicted molar refractivity (Wildman–Crippen MR) is 75.9 cm³/mol. The van der Waals surface area contributed by atoms with E-state index in [-0.39, 0.29) is 6.42 Å². The molecule has 0 aliphatic carbocycles. The van der Waals surface area contributed by atoms with Gasteiger partial charge >= 0.3 is 12.0 Å². The smallest absolute Gasteiger partial charge is 0.327 e. The molecule has 6 heteroatoms. The number of anilines is 1.